The number of benzene rings is 1. The van der Waals surface area contributed by atoms with E-state index in [0.29, 0.717) is 45.0 Å². The lowest BCUT2D eigenvalue weighted by Crippen LogP contribution is -2.39. The lowest BCUT2D eigenvalue weighted by molar-refractivity contribution is -0.139. The topological polar surface area (TPSA) is 72.0 Å². The molecule has 1 aromatic carbocycles. The van der Waals surface area contributed by atoms with E-state index in [2.05, 4.69) is 4.98 Å². The van der Waals surface area contributed by atoms with E-state index in [9.17, 15) is 9.59 Å². The van der Waals surface area contributed by atoms with Gasteiger partial charge < -0.3 is 19.3 Å². The van der Waals surface area contributed by atoms with Crippen LogP contribution in [-0.4, -0.2) is 66.1 Å². The molecule has 1 saturated heterocycles. The summed E-state index contributed by atoms with van der Waals surface area (Å²) in [6.07, 6.45) is 6.68. The Kier molecular flexibility index (Phi) is 7.37. The number of methoxy groups -OCH3 is 1. The van der Waals surface area contributed by atoms with Crippen LogP contribution >= 0.6 is 0 Å². The number of aromatic nitrogens is 1. The number of pyridine rings is 1. The van der Waals surface area contributed by atoms with Crippen molar-refractivity contribution in [2.24, 2.45) is 5.92 Å². The van der Waals surface area contributed by atoms with Gasteiger partial charge in [0.1, 0.15) is 5.75 Å². The van der Waals surface area contributed by atoms with Crippen molar-refractivity contribution < 1.29 is 19.1 Å². The zero-order chi connectivity index (χ0) is 22.3. The molecule has 2 aliphatic rings. The molecule has 0 radical (unpaired) electrons. The van der Waals surface area contributed by atoms with Crippen LogP contribution in [-0.2, 0) is 27.3 Å². The lowest BCUT2D eigenvalue weighted by Gasteiger charge is -2.25. The number of hydrogen-bond donors (Lipinski definition) is 0. The van der Waals surface area contributed by atoms with Crippen LogP contribution in [0.15, 0.2) is 48.8 Å². The summed E-state index contributed by atoms with van der Waals surface area (Å²) >= 11 is 0. The van der Waals surface area contributed by atoms with Crippen LogP contribution in [0.5, 0.6) is 5.75 Å². The normalized spacial score (nSPS) is 19.0. The molecule has 7 heteroatoms. The van der Waals surface area contributed by atoms with Crippen molar-refractivity contribution in [3.8, 4) is 5.75 Å². The second kappa shape index (κ2) is 10.6. The zero-order valence-corrected chi connectivity index (χ0v) is 18.6. The lowest BCUT2D eigenvalue weighted by atomic mass is 10.1. The Balaban J connectivity index is 1.43. The predicted molar refractivity (Wildman–Crippen MR) is 120 cm³/mol. The van der Waals surface area contributed by atoms with Gasteiger partial charge in [-0.05, 0) is 60.6 Å². The van der Waals surface area contributed by atoms with Gasteiger partial charge in [0.2, 0.25) is 11.8 Å². The molecule has 1 saturated carbocycles. The molecular weight excluding hydrogens is 406 g/mol. The van der Waals surface area contributed by atoms with Gasteiger partial charge in [-0.2, -0.15) is 0 Å². The number of rotatable bonds is 9. The molecule has 2 amide bonds. The fraction of sp³-hybridized carbons (Fsp3) is 0.480. The summed E-state index contributed by atoms with van der Waals surface area (Å²) in [5.74, 6) is 1.32. The van der Waals surface area contributed by atoms with Crippen molar-refractivity contribution in [1.82, 2.24) is 14.8 Å². The first kappa shape index (κ1) is 22.3. The largest absolute Gasteiger partial charge is 0.497 e. The van der Waals surface area contributed by atoms with Gasteiger partial charge in [-0.1, -0.05) is 12.1 Å². The van der Waals surface area contributed by atoms with Gasteiger partial charge in [-0.15, -0.1) is 0 Å². The molecule has 2 heterocycles. The minimum atomic E-state index is -0.183. The van der Waals surface area contributed by atoms with Crippen LogP contribution in [0.1, 0.15) is 30.4 Å². The predicted octanol–water partition coefficient (Wildman–Crippen LogP) is 2.69. The van der Waals surface area contributed by atoms with Gasteiger partial charge in [0.05, 0.1) is 19.8 Å². The monoisotopic (exact) mass is 437 g/mol. The average molecular weight is 438 g/mol. The van der Waals surface area contributed by atoms with E-state index in [1.54, 1.807) is 24.4 Å². The van der Waals surface area contributed by atoms with E-state index in [0.717, 1.165) is 16.9 Å². The molecule has 1 aliphatic heterocycles. The van der Waals surface area contributed by atoms with Crippen molar-refractivity contribution in [2.45, 2.75) is 38.3 Å². The first-order chi connectivity index (χ1) is 15.6. The smallest absolute Gasteiger partial charge is 0.242 e. The zero-order valence-electron chi connectivity index (χ0n) is 18.6. The van der Waals surface area contributed by atoms with Crippen LogP contribution < -0.4 is 4.74 Å². The quantitative estimate of drug-likeness (QED) is 0.603. The molecule has 170 valence electrons. The van der Waals surface area contributed by atoms with Gasteiger partial charge >= 0.3 is 0 Å². The molecule has 0 N–H and O–H groups in total. The van der Waals surface area contributed by atoms with Crippen molar-refractivity contribution >= 4 is 11.8 Å². The van der Waals surface area contributed by atoms with Crippen molar-refractivity contribution in [3.63, 3.8) is 0 Å². The first-order valence-electron chi connectivity index (χ1n) is 11.3. The maximum Gasteiger partial charge on any atom is 0.242 e. The van der Waals surface area contributed by atoms with E-state index in [-0.39, 0.29) is 24.5 Å². The summed E-state index contributed by atoms with van der Waals surface area (Å²) < 4.78 is 11.5. The van der Waals surface area contributed by atoms with Crippen molar-refractivity contribution in [2.75, 3.05) is 33.4 Å². The van der Waals surface area contributed by atoms with Crippen LogP contribution in [0.4, 0.5) is 0 Å². The molecule has 1 aliphatic carbocycles. The highest BCUT2D eigenvalue weighted by Crippen LogP contribution is 2.29. The molecule has 2 aromatic rings. The first-order valence-corrected chi connectivity index (χ1v) is 11.3. The number of carbonyl (C=O) groups excluding carboxylic acids is 2. The van der Waals surface area contributed by atoms with E-state index in [1.165, 1.54) is 12.8 Å². The number of nitrogens with zero attached hydrogens (tertiary/aromatic N) is 3. The van der Waals surface area contributed by atoms with Gasteiger partial charge in [-0.3, -0.25) is 14.6 Å². The third-order valence-electron chi connectivity index (χ3n) is 6.03. The van der Waals surface area contributed by atoms with Gasteiger partial charge in [0.15, 0.2) is 0 Å². The van der Waals surface area contributed by atoms with Crippen LogP contribution in [0, 0.1) is 5.92 Å². The molecule has 4 rings (SSSR count). The Labute approximate surface area is 189 Å². The van der Waals surface area contributed by atoms with Crippen molar-refractivity contribution in [3.05, 3.63) is 59.9 Å². The fourth-order valence-corrected chi connectivity index (χ4v) is 3.93. The molecule has 1 atom stereocenters. The molecule has 32 heavy (non-hydrogen) atoms. The Morgan fingerprint density at radius 3 is 2.69 bits per heavy atom. The van der Waals surface area contributed by atoms with Gasteiger partial charge in [0.25, 0.3) is 0 Å². The van der Waals surface area contributed by atoms with Crippen LogP contribution in [0.2, 0.25) is 0 Å². The fourth-order valence-electron chi connectivity index (χ4n) is 3.93. The SMILES string of the molecule is COc1cccc(CN2CC(OCC3CC3)CN(C(=O)CCc3ccncc3)CC2=O)c1. The number of ether oxygens (including phenoxy) is 2. The number of amides is 2. The molecule has 0 spiro atoms. The Bertz CT molecular complexity index is 916. The number of hydrogen-bond acceptors (Lipinski definition) is 5. The van der Waals surface area contributed by atoms with Gasteiger partial charge in [-0.25, -0.2) is 0 Å². The third kappa shape index (κ3) is 6.29. The summed E-state index contributed by atoms with van der Waals surface area (Å²) in [7, 11) is 1.63. The summed E-state index contributed by atoms with van der Waals surface area (Å²) in [5, 5.41) is 0. The molecule has 1 aromatic heterocycles. The van der Waals surface area contributed by atoms with E-state index >= 15 is 0 Å². The average Bonchev–Trinajstić information content (AvgIpc) is 3.66. The van der Waals surface area contributed by atoms with E-state index < -0.39 is 0 Å². The second-order valence-electron chi connectivity index (χ2n) is 8.65. The molecule has 2 fully saturated rings. The summed E-state index contributed by atoms with van der Waals surface area (Å²) in [5.41, 5.74) is 2.06. The van der Waals surface area contributed by atoms with Gasteiger partial charge in [0, 0.05) is 45.1 Å². The van der Waals surface area contributed by atoms with Crippen LogP contribution in [0.3, 0.4) is 0 Å². The third-order valence-corrected chi connectivity index (χ3v) is 6.03. The van der Waals surface area contributed by atoms with Crippen molar-refractivity contribution in [1.29, 1.82) is 0 Å². The van der Waals surface area contributed by atoms with E-state index in [1.807, 2.05) is 41.3 Å². The highest BCUT2D eigenvalue weighted by atomic mass is 16.5. The molecule has 1 unspecified atom stereocenters. The Morgan fingerprint density at radius 1 is 1.12 bits per heavy atom. The standard InChI is InChI=1S/C25H31N3O4/c1-31-22-4-2-3-21(13-22)14-27-15-23(32-18-20-5-6-20)16-28(17-25(27)30)24(29)8-7-19-9-11-26-12-10-19/h2-4,9-13,20,23H,5-8,14-18H2,1H3. The number of aryl methyl sites for hydroxylation is 1. The second-order valence-corrected chi connectivity index (χ2v) is 8.65. The highest BCUT2D eigenvalue weighted by molar-refractivity contribution is 5.85. The molecular formula is C25H31N3O4. The summed E-state index contributed by atoms with van der Waals surface area (Å²) in [4.78, 5) is 33.6. The minimum absolute atomic E-state index is 0.0154. The molecule has 7 nitrogen and oxygen atoms in total. The summed E-state index contributed by atoms with van der Waals surface area (Å²) in [6.45, 7) is 2.19. The maximum absolute atomic E-state index is 13.1. The van der Waals surface area contributed by atoms with Crippen LogP contribution in [0.25, 0.3) is 0 Å². The van der Waals surface area contributed by atoms with E-state index in [4.69, 9.17) is 9.47 Å². The minimum Gasteiger partial charge on any atom is -0.497 e. The highest BCUT2D eigenvalue weighted by Gasteiger charge is 2.32. The molecule has 0 bridgehead atoms. The summed E-state index contributed by atoms with van der Waals surface area (Å²) in [6, 6.07) is 11.6. The number of carbonyl (C=O) groups is 2. The Hall–Kier alpha value is -2.93. The maximum atomic E-state index is 13.1. The Morgan fingerprint density at radius 2 is 1.94 bits per heavy atom.